The molecule has 1 heterocycles. The van der Waals surface area contributed by atoms with Gasteiger partial charge in [0.25, 0.3) is 0 Å². The van der Waals surface area contributed by atoms with E-state index in [1.807, 2.05) is 0 Å². The summed E-state index contributed by atoms with van der Waals surface area (Å²) in [6, 6.07) is 8.02. The monoisotopic (exact) mass is 607 g/mol. The van der Waals surface area contributed by atoms with E-state index in [-0.39, 0.29) is 0 Å². The summed E-state index contributed by atoms with van der Waals surface area (Å²) >= 11 is 0. The van der Waals surface area contributed by atoms with Crippen molar-refractivity contribution in [2.24, 2.45) is 0 Å². The summed E-state index contributed by atoms with van der Waals surface area (Å²) < 4.78 is 231. The number of rotatable bonds is 12. The molecule has 0 bridgehead atoms. The van der Waals surface area contributed by atoms with Crippen LogP contribution < -0.4 is 0 Å². The van der Waals surface area contributed by atoms with Crippen molar-refractivity contribution in [1.29, 1.82) is 0 Å². The molecule has 0 aliphatic carbocycles. The van der Waals surface area contributed by atoms with Gasteiger partial charge in [0, 0.05) is 24.7 Å². The van der Waals surface area contributed by atoms with E-state index in [4.69, 9.17) is 4.74 Å². The number of ether oxygens (including phenoxy) is 1. The molecular weight excluding hydrogens is 593 g/mol. The molecule has 0 radical (unpaired) electrons. The maximum absolute atomic E-state index is 13.9. The molecule has 0 spiro atoms. The standard InChI is InChI=1S/C20H14F17NO/c21-13(22,7-3-9-39-10-38-8-6-11-4-1-2-5-12(11)38)14(23,24)15(25,26)16(27,28)17(29,30)18(31,32)19(33,34)20(35,36)37/h1-2,4-6,8H,3,7,9-10H2. The average molecular weight is 607 g/mol. The first-order chi connectivity index (χ1) is 17.3. The second-order valence-electron chi connectivity index (χ2n) is 8.13. The van der Waals surface area contributed by atoms with Gasteiger partial charge in [-0.2, -0.15) is 74.6 Å². The third kappa shape index (κ3) is 4.98. The molecule has 39 heavy (non-hydrogen) atoms. The van der Waals surface area contributed by atoms with Gasteiger partial charge in [0.2, 0.25) is 0 Å². The van der Waals surface area contributed by atoms with E-state index in [2.05, 4.69) is 0 Å². The molecule has 2 nitrogen and oxygen atoms in total. The second kappa shape index (κ2) is 9.87. The van der Waals surface area contributed by atoms with E-state index in [0.29, 0.717) is 10.9 Å². The van der Waals surface area contributed by atoms with Gasteiger partial charge in [-0.05, 0) is 23.9 Å². The summed E-state index contributed by atoms with van der Waals surface area (Å²) in [7, 11) is 0. The van der Waals surface area contributed by atoms with Crippen LogP contribution in [0.1, 0.15) is 12.8 Å². The van der Waals surface area contributed by atoms with Crippen molar-refractivity contribution in [1.82, 2.24) is 4.57 Å². The average Bonchev–Trinajstić information content (AvgIpc) is 3.20. The highest BCUT2D eigenvalue weighted by Crippen LogP contribution is 2.64. The number of halogens is 17. The molecule has 2 rings (SSSR count). The minimum absolute atomic E-state index is 0.432. The van der Waals surface area contributed by atoms with Gasteiger partial charge in [-0.15, -0.1) is 0 Å². The summed E-state index contributed by atoms with van der Waals surface area (Å²) in [5, 5.41) is 0.672. The highest BCUT2D eigenvalue weighted by atomic mass is 19.4. The number of nitrogens with zero attached hydrogens (tertiary/aromatic N) is 1. The molecular formula is C20H14F17NO. The second-order valence-corrected chi connectivity index (χ2v) is 8.13. The van der Waals surface area contributed by atoms with Crippen molar-refractivity contribution in [3.05, 3.63) is 36.5 Å². The Hall–Kier alpha value is -2.47. The molecule has 224 valence electrons. The predicted octanol–water partition coefficient (Wildman–Crippen LogP) is 8.41. The van der Waals surface area contributed by atoms with E-state index in [0.717, 1.165) is 0 Å². The Morgan fingerprint density at radius 3 is 1.54 bits per heavy atom. The lowest BCUT2D eigenvalue weighted by molar-refractivity contribution is -0.461. The zero-order chi connectivity index (χ0) is 30.5. The summed E-state index contributed by atoms with van der Waals surface area (Å²) in [5.74, 6) is -56.2. The van der Waals surface area contributed by atoms with Gasteiger partial charge in [0.1, 0.15) is 6.73 Å². The van der Waals surface area contributed by atoms with Gasteiger partial charge in [-0.25, -0.2) is 0 Å². The van der Waals surface area contributed by atoms with Crippen LogP contribution in [-0.4, -0.2) is 58.8 Å². The molecule has 0 atom stereocenters. The van der Waals surface area contributed by atoms with Gasteiger partial charge in [0.15, 0.2) is 0 Å². The maximum atomic E-state index is 13.9. The predicted molar refractivity (Wildman–Crippen MR) is 97.8 cm³/mol. The Kier molecular flexibility index (Phi) is 8.28. The highest BCUT2D eigenvalue weighted by molar-refractivity contribution is 5.79. The van der Waals surface area contributed by atoms with Crippen molar-refractivity contribution in [3.8, 4) is 0 Å². The van der Waals surface area contributed by atoms with Crippen LogP contribution in [0, 0.1) is 0 Å². The van der Waals surface area contributed by atoms with Gasteiger partial charge in [0.05, 0.1) is 0 Å². The maximum Gasteiger partial charge on any atom is 0.460 e. The summed E-state index contributed by atoms with van der Waals surface area (Å²) in [5.41, 5.74) is 0.532. The first-order valence-electron chi connectivity index (χ1n) is 10.1. The van der Waals surface area contributed by atoms with E-state index in [1.165, 1.54) is 10.8 Å². The molecule has 0 fully saturated rings. The van der Waals surface area contributed by atoms with Gasteiger partial charge >= 0.3 is 47.6 Å². The fourth-order valence-corrected chi connectivity index (χ4v) is 3.17. The SMILES string of the molecule is FC(F)(F)C(F)(F)C(F)(F)C(F)(F)C(F)(F)C(F)(F)C(F)(F)C(F)(F)CCCOCn1ccc2ccccc21. The Morgan fingerprint density at radius 1 is 0.564 bits per heavy atom. The van der Waals surface area contributed by atoms with E-state index < -0.39 is 73.8 Å². The normalized spacial score (nSPS) is 15.3. The van der Waals surface area contributed by atoms with E-state index in [9.17, 15) is 74.6 Å². The van der Waals surface area contributed by atoms with Gasteiger partial charge < -0.3 is 9.30 Å². The van der Waals surface area contributed by atoms with Crippen LogP contribution in [0.5, 0.6) is 0 Å². The molecule has 19 heteroatoms. The third-order valence-corrected chi connectivity index (χ3v) is 5.48. The molecule has 0 N–H and O–H groups in total. The Morgan fingerprint density at radius 2 is 1.03 bits per heavy atom. The zero-order valence-corrected chi connectivity index (χ0v) is 18.6. The lowest BCUT2D eigenvalue weighted by Gasteiger charge is -2.42. The number of hydrogen-bond donors (Lipinski definition) is 0. The Labute approximate surface area is 206 Å². The molecule has 0 unspecified atom stereocenters. The van der Waals surface area contributed by atoms with Crippen LogP contribution >= 0.6 is 0 Å². The molecule has 0 saturated heterocycles. The fourth-order valence-electron chi connectivity index (χ4n) is 3.17. The van der Waals surface area contributed by atoms with Crippen LogP contribution in [-0.2, 0) is 11.5 Å². The lowest BCUT2D eigenvalue weighted by atomic mass is 9.88. The number of hydrogen-bond acceptors (Lipinski definition) is 1. The van der Waals surface area contributed by atoms with Crippen LogP contribution in [0.2, 0.25) is 0 Å². The molecule has 2 aromatic rings. The molecule has 1 aromatic carbocycles. The third-order valence-electron chi connectivity index (χ3n) is 5.48. The summed E-state index contributed by atoms with van der Waals surface area (Å²) in [4.78, 5) is 0. The smallest absolute Gasteiger partial charge is 0.361 e. The number of benzene rings is 1. The van der Waals surface area contributed by atoms with Gasteiger partial charge in [-0.1, -0.05) is 18.2 Å². The van der Waals surface area contributed by atoms with Crippen molar-refractivity contribution in [2.75, 3.05) is 6.61 Å². The summed E-state index contributed by atoms with van der Waals surface area (Å²) in [6.45, 7) is -1.38. The van der Waals surface area contributed by atoms with Crippen LogP contribution in [0.25, 0.3) is 10.9 Å². The van der Waals surface area contributed by atoms with Crippen molar-refractivity contribution >= 4 is 10.9 Å². The largest absolute Gasteiger partial charge is 0.460 e. The number of alkyl halides is 17. The first-order valence-corrected chi connectivity index (χ1v) is 10.1. The Bertz CT molecular complexity index is 1130. The van der Waals surface area contributed by atoms with Crippen molar-refractivity contribution < 1.29 is 79.4 Å². The quantitative estimate of drug-likeness (QED) is 0.175. The van der Waals surface area contributed by atoms with Gasteiger partial charge in [-0.3, -0.25) is 0 Å². The number of aromatic nitrogens is 1. The van der Waals surface area contributed by atoms with Crippen LogP contribution in [0.3, 0.4) is 0 Å². The minimum atomic E-state index is -8.62. The molecule has 0 aliphatic rings. The number of para-hydroxylation sites is 1. The lowest BCUT2D eigenvalue weighted by Crippen LogP contribution is -2.74. The molecule has 1 aromatic heterocycles. The molecule has 0 aliphatic heterocycles. The Balaban J connectivity index is 2.20. The highest BCUT2D eigenvalue weighted by Gasteiger charge is 2.95. The zero-order valence-electron chi connectivity index (χ0n) is 18.6. The van der Waals surface area contributed by atoms with Crippen molar-refractivity contribution in [2.45, 2.75) is 67.2 Å². The van der Waals surface area contributed by atoms with E-state index >= 15 is 0 Å². The van der Waals surface area contributed by atoms with Crippen LogP contribution in [0.15, 0.2) is 36.5 Å². The molecule has 0 amide bonds. The topological polar surface area (TPSA) is 14.2 Å². The van der Waals surface area contributed by atoms with E-state index in [1.54, 1.807) is 30.3 Å². The van der Waals surface area contributed by atoms with Crippen molar-refractivity contribution in [3.63, 3.8) is 0 Å². The number of fused-ring (bicyclic) bond motifs is 1. The minimum Gasteiger partial charge on any atom is -0.361 e. The summed E-state index contributed by atoms with van der Waals surface area (Å²) in [6.07, 6.45) is -10.2. The molecule has 0 saturated carbocycles. The van der Waals surface area contributed by atoms with Crippen LogP contribution in [0.4, 0.5) is 74.6 Å². The fraction of sp³-hybridized carbons (Fsp3) is 0.600. The first kappa shape index (κ1) is 32.7.